The Labute approximate surface area is 141 Å². The summed E-state index contributed by atoms with van der Waals surface area (Å²) in [6.07, 6.45) is 6.29. The van der Waals surface area contributed by atoms with Crippen LogP contribution in [-0.4, -0.2) is 45.3 Å². The van der Waals surface area contributed by atoms with Crippen LogP contribution < -0.4 is 4.74 Å². The number of para-hydroxylation sites is 1. The average molecular weight is 326 g/mol. The first-order valence-corrected chi connectivity index (χ1v) is 8.53. The summed E-state index contributed by atoms with van der Waals surface area (Å²) in [6.45, 7) is 1.59. The monoisotopic (exact) mass is 326 g/mol. The summed E-state index contributed by atoms with van der Waals surface area (Å²) in [5.41, 5.74) is 1.16. The Balaban J connectivity index is 1.44. The number of rotatable bonds is 5. The van der Waals surface area contributed by atoms with Crippen molar-refractivity contribution in [3.05, 3.63) is 42.5 Å². The Bertz CT molecular complexity index is 716. The van der Waals surface area contributed by atoms with Gasteiger partial charge in [-0.1, -0.05) is 18.2 Å². The van der Waals surface area contributed by atoms with E-state index in [-0.39, 0.29) is 17.9 Å². The van der Waals surface area contributed by atoms with Crippen LogP contribution in [0.15, 0.2) is 36.9 Å². The summed E-state index contributed by atoms with van der Waals surface area (Å²) in [7, 11) is 1.69. The van der Waals surface area contributed by atoms with Crippen LogP contribution in [-0.2, 0) is 11.3 Å². The van der Waals surface area contributed by atoms with Crippen molar-refractivity contribution in [2.75, 3.05) is 13.7 Å². The quantitative estimate of drug-likeness (QED) is 0.844. The van der Waals surface area contributed by atoms with Gasteiger partial charge in [0, 0.05) is 12.5 Å². The van der Waals surface area contributed by atoms with Crippen LogP contribution in [0.4, 0.5) is 0 Å². The topological polar surface area (TPSA) is 60.2 Å². The molecule has 1 aliphatic carbocycles. The first-order chi connectivity index (χ1) is 11.8. The van der Waals surface area contributed by atoms with Gasteiger partial charge in [0.05, 0.1) is 19.7 Å². The van der Waals surface area contributed by atoms with Crippen LogP contribution in [0.5, 0.6) is 5.75 Å². The fourth-order valence-corrected chi connectivity index (χ4v) is 3.86. The maximum atomic E-state index is 13.0. The first-order valence-electron chi connectivity index (χ1n) is 8.53. The first kappa shape index (κ1) is 15.2. The molecule has 0 bridgehead atoms. The van der Waals surface area contributed by atoms with Gasteiger partial charge in [0.2, 0.25) is 5.91 Å². The largest absolute Gasteiger partial charge is 0.496 e. The Kier molecular flexibility index (Phi) is 3.96. The number of hydrogen-bond acceptors (Lipinski definition) is 4. The van der Waals surface area contributed by atoms with Gasteiger partial charge in [0.15, 0.2) is 0 Å². The molecular weight excluding hydrogens is 304 g/mol. The fraction of sp³-hybridized carbons (Fsp3) is 0.500. The normalized spacial score (nSPS) is 25.7. The van der Waals surface area contributed by atoms with Crippen molar-refractivity contribution >= 4 is 5.91 Å². The molecule has 2 heterocycles. The number of hydrogen-bond donors (Lipinski definition) is 0. The summed E-state index contributed by atoms with van der Waals surface area (Å²) >= 11 is 0. The highest BCUT2D eigenvalue weighted by molar-refractivity contribution is 5.83. The maximum absolute atomic E-state index is 13.0. The smallest absolute Gasteiger partial charge is 0.226 e. The molecule has 0 radical (unpaired) electrons. The predicted molar refractivity (Wildman–Crippen MR) is 88.6 cm³/mol. The van der Waals surface area contributed by atoms with E-state index in [1.807, 2.05) is 22.9 Å². The van der Waals surface area contributed by atoms with Crippen molar-refractivity contribution in [2.24, 2.45) is 5.92 Å². The molecule has 4 rings (SSSR count). The molecule has 1 aromatic carbocycles. The summed E-state index contributed by atoms with van der Waals surface area (Å²) < 4.78 is 7.27. The van der Waals surface area contributed by atoms with Gasteiger partial charge in [-0.15, -0.1) is 0 Å². The van der Waals surface area contributed by atoms with E-state index in [0.717, 1.165) is 43.7 Å². The zero-order chi connectivity index (χ0) is 16.5. The van der Waals surface area contributed by atoms with E-state index in [2.05, 4.69) is 21.0 Å². The van der Waals surface area contributed by atoms with E-state index in [1.54, 1.807) is 19.8 Å². The van der Waals surface area contributed by atoms with Gasteiger partial charge in [-0.25, -0.2) is 4.98 Å². The van der Waals surface area contributed by atoms with E-state index >= 15 is 0 Å². The van der Waals surface area contributed by atoms with Gasteiger partial charge < -0.3 is 9.64 Å². The summed E-state index contributed by atoms with van der Waals surface area (Å²) in [5, 5.41) is 4.17. The van der Waals surface area contributed by atoms with Crippen LogP contribution in [0.2, 0.25) is 0 Å². The minimum absolute atomic E-state index is 0.0950. The molecule has 0 spiro atoms. The molecule has 0 unspecified atom stereocenters. The molecule has 0 N–H and O–H groups in total. The van der Waals surface area contributed by atoms with Gasteiger partial charge >= 0.3 is 0 Å². The van der Waals surface area contributed by atoms with E-state index in [1.165, 1.54) is 0 Å². The molecule has 2 aliphatic rings. The molecule has 1 aliphatic heterocycles. The Morgan fingerprint density at radius 1 is 1.38 bits per heavy atom. The second-order valence-corrected chi connectivity index (χ2v) is 6.64. The van der Waals surface area contributed by atoms with Crippen molar-refractivity contribution in [1.82, 2.24) is 19.7 Å². The molecule has 1 saturated heterocycles. The molecule has 24 heavy (non-hydrogen) atoms. The second-order valence-electron chi connectivity index (χ2n) is 6.64. The number of nitrogens with zero attached hydrogens (tertiary/aromatic N) is 4. The molecule has 126 valence electrons. The lowest BCUT2D eigenvalue weighted by atomic mass is 10.1. The summed E-state index contributed by atoms with van der Waals surface area (Å²) in [5.74, 6) is 1.56. The number of likely N-dealkylation sites (tertiary alicyclic amines) is 1. The van der Waals surface area contributed by atoms with Crippen LogP contribution >= 0.6 is 0 Å². The highest BCUT2D eigenvalue weighted by atomic mass is 16.5. The van der Waals surface area contributed by atoms with Crippen LogP contribution in [0, 0.1) is 5.92 Å². The number of carbonyl (C=O) groups excluding carboxylic acids is 1. The molecular formula is C18H22N4O2. The number of benzene rings is 1. The van der Waals surface area contributed by atoms with E-state index in [9.17, 15) is 4.79 Å². The van der Waals surface area contributed by atoms with Gasteiger partial charge in [-0.2, -0.15) is 5.10 Å². The fourth-order valence-electron chi connectivity index (χ4n) is 3.86. The molecule has 1 saturated carbocycles. The summed E-state index contributed by atoms with van der Waals surface area (Å²) in [6, 6.07) is 8.27. The molecule has 2 aromatic rings. The average Bonchev–Trinajstić information content (AvgIpc) is 3.00. The lowest BCUT2D eigenvalue weighted by molar-refractivity contribution is -0.133. The SMILES string of the molecule is COc1ccccc1[C@@H]1C[C@H]1C(=O)N1CCC[C@H]1Cn1cncn1. The van der Waals surface area contributed by atoms with Crippen molar-refractivity contribution in [3.8, 4) is 5.75 Å². The number of ether oxygens (including phenoxy) is 1. The zero-order valence-electron chi connectivity index (χ0n) is 13.8. The van der Waals surface area contributed by atoms with Gasteiger partial charge in [0.1, 0.15) is 18.4 Å². The van der Waals surface area contributed by atoms with Crippen molar-refractivity contribution in [3.63, 3.8) is 0 Å². The zero-order valence-corrected chi connectivity index (χ0v) is 13.8. The van der Waals surface area contributed by atoms with Crippen molar-refractivity contribution in [1.29, 1.82) is 0 Å². The molecule has 1 aromatic heterocycles. The number of amides is 1. The lowest BCUT2D eigenvalue weighted by Gasteiger charge is -2.25. The summed E-state index contributed by atoms with van der Waals surface area (Å²) in [4.78, 5) is 19.0. The number of aromatic nitrogens is 3. The van der Waals surface area contributed by atoms with Gasteiger partial charge in [-0.05, 0) is 36.8 Å². The third-order valence-corrected chi connectivity index (χ3v) is 5.17. The third kappa shape index (κ3) is 2.77. The minimum atomic E-state index is 0.0950. The van der Waals surface area contributed by atoms with E-state index < -0.39 is 0 Å². The van der Waals surface area contributed by atoms with Crippen LogP contribution in [0.3, 0.4) is 0 Å². The third-order valence-electron chi connectivity index (χ3n) is 5.17. The van der Waals surface area contributed by atoms with Crippen molar-refractivity contribution in [2.45, 2.75) is 37.8 Å². The molecule has 2 fully saturated rings. The maximum Gasteiger partial charge on any atom is 0.226 e. The van der Waals surface area contributed by atoms with Crippen LogP contribution in [0.1, 0.15) is 30.7 Å². The molecule has 1 amide bonds. The highest BCUT2D eigenvalue weighted by Gasteiger charge is 2.48. The van der Waals surface area contributed by atoms with E-state index in [0.29, 0.717) is 5.92 Å². The number of methoxy groups -OCH3 is 1. The standard InChI is InChI=1S/C18H22N4O2/c1-24-17-7-3-2-6-14(17)15-9-16(15)18(23)22-8-4-5-13(22)10-21-12-19-11-20-21/h2-3,6-7,11-13,15-16H,4-5,8-10H2,1H3/t13-,15-,16+/m0/s1. The van der Waals surface area contributed by atoms with E-state index in [4.69, 9.17) is 4.74 Å². The second kappa shape index (κ2) is 6.26. The van der Waals surface area contributed by atoms with Crippen molar-refractivity contribution < 1.29 is 9.53 Å². The van der Waals surface area contributed by atoms with Crippen LogP contribution in [0.25, 0.3) is 0 Å². The molecule has 3 atom stereocenters. The Hall–Kier alpha value is -2.37. The Morgan fingerprint density at radius 2 is 2.25 bits per heavy atom. The van der Waals surface area contributed by atoms with Gasteiger partial charge in [-0.3, -0.25) is 9.48 Å². The lowest BCUT2D eigenvalue weighted by Crippen LogP contribution is -2.39. The highest BCUT2D eigenvalue weighted by Crippen LogP contribution is 2.51. The number of carbonyl (C=O) groups is 1. The predicted octanol–water partition coefficient (Wildman–Crippen LogP) is 2.08. The molecule has 6 nitrogen and oxygen atoms in total. The Morgan fingerprint density at radius 3 is 3.04 bits per heavy atom. The van der Waals surface area contributed by atoms with Gasteiger partial charge in [0.25, 0.3) is 0 Å². The minimum Gasteiger partial charge on any atom is -0.496 e. The molecule has 6 heteroatoms.